The van der Waals surface area contributed by atoms with Crippen LogP contribution < -0.4 is 15.1 Å². The molecule has 0 unspecified atom stereocenters. The summed E-state index contributed by atoms with van der Waals surface area (Å²) >= 11 is 0. The zero-order valence-corrected chi connectivity index (χ0v) is 14.8. The molecule has 1 aromatic heterocycles. The minimum Gasteiger partial charge on any atom is -0.497 e. The number of ether oxygens (including phenoxy) is 2. The number of benzene rings is 1. The van der Waals surface area contributed by atoms with Gasteiger partial charge in [0.2, 0.25) is 0 Å². The molecular formula is C18H23N5O2. The summed E-state index contributed by atoms with van der Waals surface area (Å²) in [4.78, 5) is 11.1. The number of nitrogens with one attached hydrogen (secondary N) is 1. The molecule has 0 saturated carbocycles. The number of hydrogen-bond donors (Lipinski definition) is 1. The van der Waals surface area contributed by atoms with E-state index in [9.17, 15) is 0 Å². The second-order valence-electron chi connectivity index (χ2n) is 5.80. The lowest BCUT2D eigenvalue weighted by Gasteiger charge is -2.28. The number of methoxy groups -OCH3 is 1. The summed E-state index contributed by atoms with van der Waals surface area (Å²) in [6.45, 7) is 6.95. The van der Waals surface area contributed by atoms with Crippen molar-refractivity contribution in [3.63, 3.8) is 0 Å². The van der Waals surface area contributed by atoms with Crippen LogP contribution in [0.4, 0.5) is 11.6 Å². The fraction of sp³-hybridized carbons (Fsp3) is 0.389. The van der Waals surface area contributed by atoms with Crippen molar-refractivity contribution in [2.45, 2.75) is 13.8 Å². The molecule has 0 aliphatic carbocycles. The summed E-state index contributed by atoms with van der Waals surface area (Å²) in [6, 6.07) is 9.70. The maximum atomic E-state index is 5.39. The molecule has 1 saturated heterocycles. The number of hydrazone groups is 1. The zero-order valence-electron chi connectivity index (χ0n) is 14.8. The third-order valence-corrected chi connectivity index (χ3v) is 4.01. The van der Waals surface area contributed by atoms with E-state index in [0.29, 0.717) is 11.6 Å². The van der Waals surface area contributed by atoms with E-state index in [2.05, 4.69) is 25.4 Å². The molecule has 0 spiro atoms. The average Bonchev–Trinajstić information content (AvgIpc) is 2.66. The molecule has 2 aromatic rings. The Bertz CT molecular complexity index is 740. The van der Waals surface area contributed by atoms with Crippen LogP contribution in [-0.2, 0) is 4.74 Å². The summed E-state index contributed by atoms with van der Waals surface area (Å²) in [5, 5.41) is 4.44. The van der Waals surface area contributed by atoms with Gasteiger partial charge in [0.25, 0.3) is 0 Å². The summed E-state index contributed by atoms with van der Waals surface area (Å²) in [5.74, 6) is 3.12. The minimum absolute atomic E-state index is 0.682. The van der Waals surface area contributed by atoms with Crippen molar-refractivity contribution < 1.29 is 9.47 Å². The SMILES string of the molecule is COc1ccc(/C(C)=N\Nc2cc(N3CCOCC3)nc(C)n2)cc1. The number of rotatable bonds is 5. The first-order chi connectivity index (χ1) is 12.2. The van der Waals surface area contributed by atoms with Crippen LogP contribution >= 0.6 is 0 Å². The van der Waals surface area contributed by atoms with Crippen molar-refractivity contribution >= 4 is 17.3 Å². The molecule has 25 heavy (non-hydrogen) atoms. The fourth-order valence-corrected chi connectivity index (χ4v) is 2.60. The molecule has 7 nitrogen and oxygen atoms in total. The standard InChI is InChI=1S/C18H23N5O2/c1-13(15-4-6-16(24-3)7-5-15)21-22-17-12-18(20-14(2)19-17)23-8-10-25-11-9-23/h4-7,12H,8-11H2,1-3H3,(H,19,20,22)/b21-13-. The lowest BCUT2D eigenvalue weighted by Crippen LogP contribution is -2.36. The van der Waals surface area contributed by atoms with Gasteiger partial charge in [-0.3, -0.25) is 5.43 Å². The van der Waals surface area contributed by atoms with E-state index in [1.54, 1.807) is 7.11 Å². The average molecular weight is 341 g/mol. The Hall–Kier alpha value is -2.67. The lowest BCUT2D eigenvalue weighted by molar-refractivity contribution is 0.122. The number of morpholine rings is 1. The van der Waals surface area contributed by atoms with Gasteiger partial charge in [0, 0.05) is 19.2 Å². The van der Waals surface area contributed by atoms with Crippen molar-refractivity contribution in [2.75, 3.05) is 43.7 Å². The van der Waals surface area contributed by atoms with E-state index < -0.39 is 0 Å². The van der Waals surface area contributed by atoms with Crippen molar-refractivity contribution in [1.82, 2.24) is 9.97 Å². The van der Waals surface area contributed by atoms with Crippen LogP contribution in [0.25, 0.3) is 0 Å². The monoisotopic (exact) mass is 341 g/mol. The van der Waals surface area contributed by atoms with E-state index >= 15 is 0 Å². The quantitative estimate of drug-likeness (QED) is 0.665. The minimum atomic E-state index is 0.682. The maximum Gasteiger partial charge on any atom is 0.152 e. The molecule has 0 radical (unpaired) electrons. The molecule has 2 heterocycles. The first kappa shape index (κ1) is 17.2. The Morgan fingerprint density at radius 2 is 1.92 bits per heavy atom. The number of nitrogens with zero attached hydrogens (tertiary/aromatic N) is 4. The van der Waals surface area contributed by atoms with E-state index in [-0.39, 0.29) is 0 Å². The van der Waals surface area contributed by atoms with Crippen LogP contribution in [0.2, 0.25) is 0 Å². The molecule has 7 heteroatoms. The largest absolute Gasteiger partial charge is 0.497 e. The molecule has 3 rings (SSSR count). The Labute approximate surface area is 147 Å². The van der Waals surface area contributed by atoms with Crippen LogP contribution in [0.1, 0.15) is 18.3 Å². The highest BCUT2D eigenvalue weighted by molar-refractivity contribution is 5.99. The molecule has 1 fully saturated rings. The molecular weight excluding hydrogens is 318 g/mol. The first-order valence-corrected chi connectivity index (χ1v) is 8.29. The molecule has 132 valence electrons. The topological polar surface area (TPSA) is 71.9 Å². The Kier molecular flexibility index (Phi) is 5.45. The van der Waals surface area contributed by atoms with Gasteiger partial charge in [-0.15, -0.1) is 0 Å². The van der Waals surface area contributed by atoms with Crippen LogP contribution in [0.5, 0.6) is 5.75 Å². The Morgan fingerprint density at radius 3 is 2.60 bits per heavy atom. The number of aryl methyl sites for hydroxylation is 1. The van der Waals surface area contributed by atoms with E-state index in [4.69, 9.17) is 9.47 Å². The fourth-order valence-electron chi connectivity index (χ4n) is 2.60. The van der Waals surface area contributed by atoms with E-state index in [1.807, 2.05) is 44.2 Å². The van der Waals surface area contributed by atoms with Gasteiger partial charge in [-0.1, -0.05) is 0 Å². The highest BCUT2D eigenvalue weighted by atomic mass is 16.5. The molecule has 0 amide bonds. The van der Waals surface area contributed by atoms with Crippen LogP contribution in [0.3, 0.4) is 0 Å². The number of aromatic nitrogens is 2. The van der Waals surface area contributed by atoms with E-state index in [0.717, 1.165) is 49.1 Å². The second-order valence-corrected chi connectivity index (χ2v) is 5.80. The van der Waals surface area contributed by atoms with Crippen molar-refractivity contribution in [3.8, 4) is 5.75 Å². The van der Waals surface area contributed by atoms with Crippen molar-refractivity contribution in [3.05, 3.63) is 41.7 Å². The summed E-state index contributed by atoms with van der Waals surface area (Å²) in [5.41, 5.74) is 4.93. The highest BCUT2D eigenvalue weighted by Crippen LogP contribution is 2.17. The van der Waals surface area contributed by atoms with Gasteiger partial charge in [-0.2, -0.15) is 5.10 Å². The molecule has 0 bridgehead atoms. The van der Waals surface area contributed by atoms with Gasteiger partial charge >= 0.3 is 0 Å². The predicted octanol–water partition coefficient (Wildman–Crippen LogP) is 2.47. The third-order valence-electron chi connectivity index (χ3n) is 4.01. The molecule has 1 aromatic carbocycles. The molecule has 1 aliphatic heterocycles. The van der Waals surface area contributed by atoms with Crippen LogP contribution in [0.15, 0.2) is 35.4 Å². The van der Waals surface area contributed by atoms with Gasteiger partial charge in [0.05, 0.1) is 26.0 Å². The van der Waals surface area contributed by atoms with Crippen LogP contribution in [0, 0.1) is 6.92 Å². The number of anilines is 2. The van der Waals surface area contributed by atoms with Gasteiger partial charge in [-0.25, -0.2) is 9.97 Å². The molecule has 1 aliphatic rings. The molecule has 0 atom stereocenters. The van der Waals surface area contributed by atoms with Crippen molar-refractivity contribution in [2.24, 2.45) is 5.10 Å². The van der Waals surface area contributed by atoms with Crippen LogP contribution in [-0.4, -0.2) is 49.1 Å². The Balaban J connectivity index is 1.73. The zero-order chi connectivity index (χ0) is 17.6. The maximum absolute atomic E-state index is 5.39. The smallest absolute Gasteiger partial charge is 0.152 e. The second kappa shape index (κ2) is 7.94. The summed E-state index contributed by atoms with van der Waals surface area (Å²) < 4.78 is 10.6. The molecule has 1 N–H and O–H groups in total. The van der Waals surface area contributed by atoms with Gasteiger partial charge < -0.3 is 14.4 Å². The lowest BCUT2D eigenvalue weighted by atomic mass is 10.1. The Morgan fingerprint density at radius 1 is 1.20 bits per heavy atom. The van der Waals surface area contributed by atoms with Gasteiger partial charge in [-0.05, 0) is 43.7 Å². The highest BCUT2D eigenvalue weighted by Gasteiger charge is 2.14. The summed E-state index contributed by atoms with van der Waals surface area (Å²) in [7, 11) is 1.65. The number of hydrogen-bond acceptors (Lipinski definition) is 7. The van der Waals surface area contributed by atoms with Gasteiger partial charge in [0.15, 0.2) is 5.82 Å². The van der Waals surface area contributed by atoms with Crippen molar-refractivity contribution in [1.29, 1.82) is 0 Å². The third kappa shape index (κ3) is 4.45. The predicted molar refractivity (Wildman–Crippen MR) is 98.6 cm³/mol. The van der Waals surface area contributed by atoms with E-state index in [1.165, 1.54) is 0 Å². The summed E-state index contributed by atoms with van der Waals surface area (Å²) in [6.07, 6.45) is 0. The first-order valence-electron chi connectivity index (χ1n) is 8.29. The normalized spacial score (nSPS) is 15.2. The van der Waals surface area contributed by atoms with Gasteiger partial charge in [0.1, 0.15) is 17.4 Å².